The van der Waals surface area contributed by atoms with Crippen molar-refractivity contribution in [1.29, 1.82) is 0 Å². The molecule has 1 aromatic rings. The number of hydrogen-bond donors (Lipinski definition) is 1. The SMILES string of the molecule is C#CC(CCC)NC(=O)c1cc(Cl)ccc1F. The van der Waals surface area contributed by atoms with Gasteiger partial charge < -0.3 is 5.32 Å². The molecule has 1 N–H and O–H groups in total. The highest BCUT2D eigenvalue weighted by atomic mass is 35.5. The molecule has 1 aromatic carbocycles. The average molecular weight is 254 g/mol. The zero-order valence-corrected chi connectivity index (χ0v) is 10.2. The van der Waals surface area contributed by atoms with Crippen molar-refractivity contribution in [1.82, 2.24) is 5.32 Å². The monoisotopic (exact) mass is 253 g/mol. The fraction of sp³-hybridized carbons (Fsp3) is 0.308. The first-order valence-corrected chi connectivity index (χ1v) is 5.68. The van der Waals surface area contributed by atoms with E-state index < -0.39 is 11.7 Å². The predicted molar refractivity (Wildman–Crippen MR) is 66.4 cm³/mol. The minimum atomic E-state index is -0.612. The van der Waals surface area contributed by atoms with E-state index in [-0.39, 0.29) is 11.6 Å². The van der Waals surface area contributed by atoms with Crippen LogP contribution in [0, 0.1) is 18.2 Å². The zero-order valence-electron chi connectivity index (χ0n) is 9.47. The van der Waals surface area contributed by atoms with Gasteiger partial charge in [0.05, 0.1) is 11.6 Å². The van der Waals surface area contributed by atoms with E-state index in [1.54, 1.807) is 0 Å². The van der Waals surface area contributed by atoms with E-state index in [0.717, 1.165) is 12.5 Å². The fourth-order valence-electron chi connectivity index (χ4n) is 1.39. The van der Waals surface area contributed by atoms with Crippen LogP contribution >= 0.6 is 11.6 Å². The van der Waals surface area contributed by atoms with Crippen molar-refractivity contribution in [3.63, 3.8) is 0 Å². The summed E-state index contributed by atoms with van der Waals surface area (Å²) in [4.78, 5) is 11.8. The number of amides is 1. The highest BCUT2D eigenvalue weighted by Gasteiger charge is 2.15. The van der Waals surface area contributed by atoms with Crippen LogP contribution in [0.15, 0.2) is 18.2 Å². The van der Waals surface area contributed by atoms with E-state index in [1.165, 1.54) is 12.1 Å². The van der Waals surface area contributed by atoms with Gasteiger partial charge in [-0.3, -0.25) is 4.79 Å². The summed E-state index contributed by atoms with van der Waals surface area (Å²) in [6.45, 7) is 1.95. The van der Waals surface area contributed by atoms with Gasteiger partial charge in [-0.1, -0.05) is 30.9 Å². The quantitative estimate of drug-likeness (QED) is 0.821. The van der Waals surface area contributed by atoms with Crippen molar-refractivity contribution in [2.45, 2.75) is 25.8 Å². The Labute approximate surface area is 105 Å². The van der Waals surface area contributed by atoms with E-state index in [2.05, 4.69) is 11.2 Å². The Hall–Kier alpha value is -1.53. The molecule has 0 bridgehead atoms. The van der Waals surface area contributed by atoms with Crippen LogP contribution in [0.2, 0.25) is 5.02 Å². The largest absolute Gasteiger partial charge is 0.338 e. The molecule has 0 heterocycles. The van der Waals surface area contributed by atoms with Gasteiger partial charge in [0.15, 0.2) is 0 Å². The van der Waals surface area contributed by atoms with Crippen molar-refractivity contribution >= 4 is 17.5 Å². The predicted octanol–water partition coefficient (Wildman–Crippen LogP) is 3.01. The third kappa shape index (κ3) is 3.76. The third-order valence-electron chi connectivity index (χ3n) is 2.26. The topological polar surface area (TPSA) is 29.1 Å². The Morgan fingerprint density at radius 2 is 2.35 bits per heavy atom. The molecule has 90 valence electrons. The van der Waals surface area contributed by atoms with Crippen molar-refractivity contribution in [2.75, 3.05) is 0 Å². The molecule has 2 nitrogen and oxygen atoms in total. The number of terminal acetylenes is 1. The summed E-state index contributed by atoms with van der Waals surface area (Å²) < 4.78 is 13.4. The molecule has 0 saturated heterocycles. The van der Waals surface area contributed by atoms with Gasteiger partial charge in [-0.2, -0.15) is 0 Å². The minimum Gasteiger partial charge on any atom is -0.338 e. The molecular weight excluding hydrogens is 241 g/mol. The molecule has 0 spiro atoms. The summed E-state index contributed by atoms with van der Waals surface area (Å²) in [5.74, 6) is 1.30. The lowest BCUT2D eigenvalue weighted by atomic mass is 10.1. The van der Waals surface area contributed by atoms with Crippen LogP contribution in [0.4, 0.5) is 4.39 Å². The highest BCUT2D eigenvalue weighted by molar-refractivity contribution is 6.31. The first-order chi connectivity index (χ1) is 8.08. The van der Waals surface area contributed by atoms with Gasteiger partial charge in [-0.05, 0) is 24.6 Å². The maximum atomic E-state index is 13.4. The number of benzene rings is 1. The number of carbonyl (C=O) groups excluding carboxylic acids is 1. The first kappa shape index (κ1) is 13.5. The Balaban J connectivity index is 2.83. The summed E-state index contributed by atoms with van der Waals surface area (Å²) in [6, 6.07) is 3.44. The number of rotatable bonds is 4. The Morgan fingerprint density at radius 3 is 2.94 bits per heavy atom. The maximum Gasteiger partial charge on any atom is 0.255 e. The second-order valence-electron chi connectivity index (χ2n) is 3.61. The summed E-state index contributed by atoms with van der Waals surface area (Å²) >= 11 is 5.71. The molecule has 0 aliphatic rings. The second kappa shape index (κ2) is 6.27. The summed E-state index contributed by atoms with van der Waals surface area (Å²) in [5, 5.41) is 2.89. The molecule has 1 unspecified atom stereocenters. The van der Waals surface area contributed by atoms with Gasteiger partial charge in [0.1, 0.15) is 5.82 Å². The van der Waals surface area contributed by atoms with Gasteiger partial charge in [-0.25, -0.2) is 4.39 Å². The van der Waals surface area contributed by atoms with E-state index in [4.69, 9.17) is 18.0 Å². The van der Waals surface area contributed by atoms with Gasteiger partial charge in [0.2, 0.25) is 0 Å². The highest BCUT2D eigenvalue weighted by Crippen LogP contribution is 2.15. The molecule has 1 rings (SSSR count). The van der Waals surface area contributed by atoms with Crippen molar-refractivity contribution < 1.29 is 9.18 Å². The van der Waals surface area contributed by atoms with Crippen LogP contribution in [0.3, 0.4) is 0 Å². The molecule has 0 saturated carbocycles. The van der Waals surface area contributed by atoms with Crippen molar-refractivity contribution in [2.24, 2.45) is 0 Å². The van der Waals surface area contributed by atoms with Gasteiger partial charge in [-0.15, -0.1) is 6.42 Å². The van der Waals surface area contributed by atoms with Crippen LogP contribution in [0.5, 0.6) is 0 Å². The molecule has 1 atom stereocenters. The molecule has 0 radical (unpaired) electrons. The van der Waals surface area contributed by atoms with Crippen LogP contribution in [-0.4, -0.2) is 11.9 Å². The van der Waals surface area contributed by atoms with Gasteiger partial charge >= 0.3 is 0 Å². The standard InChI is InChI=1S/C13H13ClFNO/c1-3-5-10(4-2)16-13(17)11-8-9(14)6-7-12(11)15/h2,6-8,10H,3,5H2,1H3,(H,16,17). The van der Waals surface area contributed by atoms with Crippen LogP contribution in [0.1, 0.15) is 30.1 Å². The minimum absolute atomic E-state index is 0.0890. The lowest BCUT2D eigenvalue weighted by Crippen LogP contribution is -2.34. The molecule has 1 amide bonds. The molecule has 17 heavy (non-hydrogen) atoms. The number of hydrogen-bond acceptors (Lipinski definition) is 1. The Kier molecular flexibility index (Phi) is 4.99. The van der Waals surface area contributed by atoms with E-state index in [0.29, 0.717) is 11.4 Å². The molecule has 0 fully saturated rings. The third-order valence-corrected chi connectivity index (χ3v) is 2.49. The Morgan fingerprint density at radius 1 is 1.65 bits per heavy atom. The smallest absolute Gasteiger partial charge is 0.255 e. The normalized spacial score (nSPS) is 11.6. The molecule has 0 aromatic heterocycles. The molecule has 4 heteroatoms. The number of carbonyl (C=O) groups is 1. The van der Waals surface area contributed by atoms with E-state index in [1.807, 2.05) is 6.92 Å². The lowest BCUT2D eigenvalue weighted by molar-refractivity contribution is 0.0940. The number of halogens is 2. The van der Waals surface area contributed by atoms with Gasteiger partial charge in [0.25, 0.3) is 5.91 Å². The van der Waals surface area contributed by atoms with Crippen LogP contribution in [0.25, 0.3) is 0 Å². The van der Waals surface area contributed by atoms with Crippen molar-refractivity contribution in [3.05, 3.63) is 34.6 Å². The van der Waals surface area contributed by atoms with E-state index >= 15 is 0 Å². The number of nitrogens with one attached hydrogen (secondary N) is 1. The Bertz CT molecular complexity index is 453. The maximum absolute atomic E-state index is 13.4. The lowest BCUT2D eigenvalue weighted by Gasteiger charge is -2.12. The van der Waals surface area contributed by atoms with E-state index in [9.17, 15) is 9.18 Å². The molecular formula is C13H13ClFNO. The van der Waals surface area contributed by atoms with Gasteiger partial charge in [0, 0.05) is 5.02 Å². The zero-order chi connectivity index (χ0) is 12.8. The summed E-state index contributed by atoms with van der Waals surface area (Å²) in [7, 11) is 0. The first-order valence-electron chi connectivity index (χ1n) is 5.30. The van der Waals surface area contributed by atoms with Crippen molar-refractivity contribution in [3.8, 4) is 12.3 Å². The second-order valence-corrected chi connectivity index (χ2v) is 4.04. The van der Waals surface area contributed by atoms with Crippen LogP contribution in [-0.2, 0) is 0 Å². The summed E-state index contributed by atoms with van der Waals surface area (Å²) in [5.41, 5.74) is -0.0890. The fourth-order valence-corrected chi connectivity index (χ4v) is 1.57. The average Bonchev–Trinajstić information content (AvgIpc) is 2.31. The molecule has 0 aliphatic carbocycles. The molecule has 0 aliphatic heterocycles. The summed E-state index contributed by atoms with van der Waals surface area (Å²) in [6.07, 6.45) is 6.77. The van der Waals surface area contributed by atoms with Crippen LogP contribution < -0.4 is 5.32 Å².